The van der Waals surface area contributed by atoms with Gasteiger partial charge >= 0.3 is 0 Å². The number of nitrogens with zero attached hydrogens (tertiary/aromatic N) is 4. The Labute approximate surface area is 180 Å². The molecule has 2 unspecified atom stereocenters. The van der Waals surface area contributed by atoms with Gasteiger partial charge in [0.25, 0.3) is 0 Å². The van der Waals surface area contributed by atoms with Gasteiger partial charge in [0.1, 0.15) is 5.82 Å². The third-order valence-electron chi connectivity index (χ3n) is 6.16. The molecular weight excluding hydrogens is 401 g/mol. The number of rotatable bonds is 5. The molecule has 1 N–H and O–H groups in total. The molecule has 2 fully saturated rings. The Morgan fingerprint density at radius 2 is 1.80 bits per heavy atom. The minimum atomic E-state index is -0.328. The molecule has 1 aliphatic heterocycles. The quantitative estimate of drug-likeness (QED) is 0.647. The number of aromatic nitrogens is 3. The third-order valence-corrected chi connectivity index (χ3v) is 6.49. The molecule has 30 heavy (non-hydrogen) atoms. The van der Waals surface area contributed by atoms with Crippen LogP contribution in [0, 0.1) is 17.7 Å². The Kier molecular flexibility index (Phi) is 5.35. The van der Waals surface area contributed by atoms with E-state index in [1.54, 1.807) is 18.5 Å². The minimum absolute atomic E-state index is 0.328. The van der Waals surface area contributed by atoms with E-state index in [-0.39, 0.29) is 5.82 Å². The summed E-state index contributed by atoms with van der Waals surface area (Å²) >= 11 is 6.18. The van der Waals surface area contributed by atoms with Crippen LogP contribution in [0.1, 0.15) is 18.5 Å². The van der Waals surface area contributed by atoms with E-state index in [1.807, 2.05) is 18.3 Å². The fourth-order valence-electron chi connectivity index (χ4n) is 4.81. The number of hydrogen-bond donors (Lipinski definition) is 1. The topological polar surface area (TPSA) is 53.9 Å². The lowest BCUT2D eigenvalue weighted by Crippen LogP contribution is -2.25. The third kappa shape index (κ3) is 4.16. The molecule has 1 aliphatic carbocycles. The van der Waals surface area contributed by atoms with E-state index in [0.717, 1.165) is 38.2 Å². The van der Waals surface area contributed by atoms with Crippen LogP contribution in [-0.2, 0) is 6.54 Å². The van der Waals surface area contributed by atoms with Crippen LogP contribution in [0.15, 0.2) is 55.0 Å². The normalized spacial score (nSPS) is 23.5. The Morgan fingerprint density at radius 1 is 1.03 bits per heavy atom. The highest BCUT2D eigenvalue weighted by Gasteiger charge is 2.40. The number of likely N-dealkylation sites (tertiary alicyclic amines) is 1. The van der Waals surface area contributed by atoms with Gasteiger partial charge in [0, 0.05) is 60.4 Å². The van der Waals surface area contributed by atoms with Gasteiger partial charge in [0.15, 0.2) is 0 Å². The fraction of sp³-hybridized carbons (Fsp3) is 0.348. The van der Waals surface area contributed by atoms with Gasteiger partial charge in [0.2, 0.25) is 5.95 Å². The average molecular weight is 424 g/mol. The molecule has 5 nitrogen and oxygen atoms in total. The number of benzene rings is 1. The van der Waals surface area contributed by atoms with Crippen molar-refractivity contribution in [1.29, 1.82) is 0 Å². The summed E-state index contributed by atoms with van der Waals surface area (Å²) in [4.78, 5) is 15.8. The smallest absolute Gasteiger partial charge is 0.222 e. The summed E-state index contributed by atoms with van der Waals surface area (Å²) in [7, 11) is 0. The number of nitrogens with one attached hydrogen (secondary N) is 1. The van der Waals surface area contributed by atoms with Gasteiger partial charge in [-0.2, -0.15) is 0 Å². The number of fused-ring (bicyclic) bond motifs is 1. The van der Waals surface area contributed by atoms with Crippen LogP contribution in [-0.4, -0.2) is 39.0 Å². The van der Waals surface area contributed by atoms with E-state index in [9.17, 15) is 4.39 Å². The second-order valence-corrected chi connectivity index (χ2v) is 8.67. The standard InChI is InChI=1S/C23H23ClFN5/c24-22-5-4-18(25)9-21(22)17-10-27-23(28-11-17)29-20-7-15-12-30(13-16(15)8-20)14-19-3-1-2-6-26-19/h1-6,9-11,15-16,20H,7-8,12-14H2,(H,27,28,29)/t15-,16?,20?/m1/s1. The van der Waals surface area contributed by atoms with Crippen molar-refractivity contribution in [2.24, 2.45) is 11.8 Å². The van der Waals surface area contributed by atoms with Crippen molar-refractivity contribution in [3.8, 4) is 11.1 Å². The molecule has 3 heterocycles. The second kappa shape index (κ2) is 8.28. The van der Waals surface area contributed by atoms with Crippen LogP contribution >= 0.6 is 11.6 Å². The first kappa shape index (κ1) is 19.4. The zero-order valence-corrected chi connectivity index (χ0v) is 17.3. The minimum Gasteiger partial charge on any atom is -0.351 e. The van der Waals surface area contributed by atoms with E-state index in [2.05, 4.69) is 31.2 Å². The van der Waals surface area contributed by atoms with Crippen LogP contribution in [0.5, 0.6) is 0 Å². The Morgan fingerprint density at radius 3 is 2.50 bits per heavy atom. The lowest BCUT2D eigenvalue weighted by molar-refractivity contribution is 0.297. The molecule has 0 spiro atoms. The highest BCUT2D eigenvalue weighted by molar-refractivity contribution is 6.33. The van der Waals surface area contributed by atoms with Crippen LogP contribution < -0.4 is 5.32 Å². The molecule has 1 saturated carbocycles. The van der Waals surface area contributed by atoms with Crippen LogP contribution in [0.2, 0.25) is 5.02 Å². The number of halogens is 2. The highest BCUT2D eigenvalue weighted by atomic mass is 35.5. The summed E-state index contributed by atoms with van der Waals surface area (Å²) < 4.78 is 13.5. The maximum absolute atomic E-state index is 13.5. The van der Waals surface area contributed by atoms with Crippen molar-refractivity contribution in [3.05, 3.63) is 71.5 Å². The Balaban J connectivity index is 1.17. The van der Waals surface area contributed by atoms with Gasteiger partial charge in [-0.25, -0.2) is 14.4 Å². The summed E-state index contributed by atoms with van der Waals surface area (Å²) in [5.74, 6) is 1.70. The SMILES string of the molecule is Fc1ccc(Cl)c(-c2cnc(NC3CC4CN(Cc5ccccn5)C[C@H]4C3)nc2)c1. The zero-order chi connectivity index (χ0) is 20.5. The predicted octanol–water partition coefficient (Wildman–Crippen LogP) is 4.65. The Hall–Kier alpha value is -2.57. The van der Waals surface area contributed by atoms with Crippen molar-refractivity contribution < 1.29 is 4.39 Å². The predicted molar refractivity (Wildman–Crippen MR) is 116 cm³/mol. The molecule has 0 bridgehead atoms. The summed E-state index contributed by atoms with van der Waals surface area (Å²) in [5.41, 5.74) is 2.45. The van der Waals surface area contributed by atoms with Crippen LogP contribution in [0.25, 0.3) is 11.1 Å². The summed E-state index contributed by atoms with van der Waals surface area (Å²) in [6.45, 7) is 3.17. The molecule has 0 radical (unpaired) electrons. The van der Waals surface area contributed by atoms with E-state index in [0.29, 0.717) is 40.0 Å². The zero-order valence-electron chi connectivity index (χ0n) is 16.5. The molecular formula is C23H23ClFN5. The molecule has 7 heteroatoms. The number of pyridine rings is 1. The van der Waals surface area contributed by atoms with Crippen molar-refractivity contribution in [2.45, 2.75) is 25.4 Å². The Bertz CT molecular complexity index is 1000. The van der Waals surface area contributed by atoms with Crippen LogP contribution in [0.4, 0.5) is 10.3 Å². The second-order valence-electron chi connectivity index (χ2n) is 8.27. The molecule has 3 aromatic rings. The van der Waals surface area contributed by atoms with E-state index < -0.39 is 0 Å². The van der Waals surface area contributed by atoms with Gasteiger partial charge in [0.05, 0.1) is 5.69 Å². The first-order chi connectivity index (χ1) is 14.6. The molecule has 5 rings (SSSR count). The van der Waals surface area contributed by atoms with E-state index in [4.69, 9.17) is 11.6 Å². The van der Waals surface area contributed by atoms with E-state index in [1.165, 1.54) is 12.1 Å². The van der Waals surface area contributed by atoms with Crippen LogP contribution in [0.3, 0.4) is 0 Å². The maximum atomic E-state index is 13.5. The lowest BCUT2D eigenvalue weighted by atomic mass is 10.0. The number of anilines is 1. The lowest BCUT2D eigenvalue weighted by Gasteiger charge is -2.19. The van der Waals surface area contributed by atoms with Crippen molar-refractivity contribution in [1.82, 2.24) is 19.9 Å². The summed E-state index contributed by atoms with van der Waals surface area (Å²) in [6, 6.07) is 10.8. The van der Waals surface area contributed by atoms with E-state index >= 15 is 0 Å². The molecule has 1 saturated heterocycles. The molecule has 2 aromatic heterocycles. The van der Waals surface area contributed by atoms with Gasteiger partial charge in [-0.15, -0.1) is 0 Å². The average Bonchev–Trinajstić information content (AvgIpc) is 3.29. The van der Waals surface area contributed by atoms with Gasteiger partial charge in [-0.3, -0.25) is 9.88 Å². The number of hydrogen-bond acceptors (Lipinski definition) is 5. The molecule has 154 valence electrons. The maximum Gasteiger partial charge on any atom is 0.222 e. The van der Waals surface area contributed by atoms with Crippen molar-refractivity contribution >= 4 is 17.5 Å². The molecule has 2 aliphatic rings. The molecule has 0 amide bonds. The van der Waals surface area contributed by atoms with Gasteiger partial charge < -0.3 is 5.32 Å². The van der Waals surface area contributed by atoms with Gasteiger partial charge in [-0.05, 0) is 55.0 Å². The van der Waals surface area contributed by atoms with Crippen molar-refractivity contribution in [2.75, 3.05) is 18.4 Å². The molecule has 3 atom stereocenters. The summed E-state index contributed by atoms with van der Waals surface area (Å²) in [6.07, 6.45) is 7.51. The largest absolute Gasteiger partial charge is 0.351 e. The van der Waals surface area contributed by atoms with Crippen molar-refractivity contribution in [3.63, 3.8) is 0 Å². The first-order valence-electron chi connectivity index (χ1n) is 10.3. The first-order valence-corrected chi connectivity index (χ1v) is 10.7. The fourth-order valence-corrected chi connectivity index (χ4v) is 5.03. The summed E-state index contributed by atoms with van der Waals surface area (Å²) in [5, 5.41) is 3.96. The monoisotopic (exact) mass is 423 g/mol. The van der Waals surface area contributed by atoms with Gasteiger partial charge in [-0.1, -0.05) is 17.7 Å². The molecule has 1 aromatic carbocycles. The highest BCUT2D eigenvalue weighted by Crippen LogP contribution is 2.39.